The van der Waals surface area contributed by atoms with Crippen molar-refractivity contribution in [3.8, 4) is 0 Å². The zero-order valence-electron chi connectivity index (χ0n) is 8.68. The van der Waals surface area contributed by atoms with E-state index in [0.29, 0.717) is 6.29 Å². The van der Waals surface area contributed by atoms with E-state index in [2.05, 4.69) is 20.7 Å². The molecule has 1 rings (SSSR count). The highest BCUT2D eigenvalue weighted by molar-refractivity contribution is 9.10. The van der Waals surface area contributed by atoms with E-state index in [4.69, 9.17) is 0 Å². The van der Waals surface area contributed by atoms with Gasteiger partial charge in [0.2, 0.25) is 10.0 Å². The molecule has 1 N–H and O–H groups in total. The molecule has 0 aliphatic heterocycles. The van der Waals surface area contributed by atoms with E-state index < -0.39 is 14.9 Å². The zero-order chi connectivity index (χ0) is 12.2. The third kappa shape index (κ3) is 3.70. The highest BCUT2D eigenvalue weighted by Gasteiger charge is 2.14. The Balaban J connectivity index is 2.78. The quantitative estimate of drug-likeness (QED) is 0.657. The fraction of sp³-hybridized carbons (Fsp3) is 0.300. The molecule has 6 heteroatoms. The molecule has 1 atom stereocenters. The van der Waals surface area contributed by atoms with Crippen LogP contribution in [0, 0.1) is 6.92 Å². The lowest BCUT2D eigenvalue weighted by molar-refractivity contribution is -0.107. The van der Waals surface area contributed by atoms with Gasteiger partial charge in [-0.3, -0.25) is 0 Å². The number of hydrogen-bond donors (Lipinski definition) is 1. The molecule has 88 valence electrons. The topological polar surface area (TPSA) is 63.2 Å². The summed E-state index contributed by atoms with van der Waals surface area (Å²) in [4.78, 5) is 10.0. The summed E-state index contributed by atoms with van der Waals surface area (Å²) in [7, 11) is -3.52. The van der Waals surface area contributed by atoms with Crippen molar-refractivity contribution in [3.05, 3.63) is 29.8 Å². The Hall–Kier alpha value is -0.720. The van der Waals surface area contributed by atoms with Crippen LogP contribution in [0.4, 0.5) is 0 Å². The van der Waals surface area contributed by atoms with Crippen molar-refractivity contribution in [2.75, 3.05) is 6.54 Å². The molecule has 0 aliphatic rings. The minimum Gasteiger partial charge on any atom is -0.302 e. The van der Waals surface area contributed by atoms with Crippen LogP contribution in [-0.4, -0.2) is 26.1 Å². The normalized spacial score (nSPS) is 13.4. The second-order valence-corrected chi connectivity index (χ2v) is 6.26. The number of rotatable bonds is 5. The maximum absolute atomic E-state index is 11.7. The molecule has 1 aromatic rings. The van der Waals surface area contributed by atoms with E-state index in [1.54, 1.807) is 12.1 Å². The van der Waals surface area contributed by atoms with E-state index in [9.17, 15) is 13.2 Å². The van der Waals surface area contributed by atoms with Crippen LogP contribution in [0.2, 0.25) is 0 Å². The van der Waals surface area contributed by atoms with Crippen LogP contribution >= 0.6 is 15.9 Å². The van der Waals surface area contributed by atoms with Gasteiger partial charge in [-0.15, -0.1) is 0 Å². The zero-order valence-corrected chi connectivity index (χ0v) is 11.1. The molecule has 0 amide bonds. The molecule has 0 heterocycles. The van der Waals surface area contributed by atoms with Crippen LogP contribution < -0.4 is 4.72 Å². The Labute approximate surface area is 103 Å². The smallest absolute Gasteiger partial charge is 0.240 e. The van der Waals surface area contributed by atoms with Crippen molar-refractivity contribution in [2.24, 2.45) is 0 Å². The molecule has 0 spiro atoms. The van der Waals surface area contributed by atoms with E-state index in [1.807, 2.05) is 6.92 Å². The molecule has 0 fully saturated rings. The number of hydrogen-bond acceptors (Lipinski definition) is 3. The van der Waals surface area contributed by atoms with Gasteiger partial charge in [0.05, 0.1) is 9.72 Å². The fourth-order valence-corrected chi connectivity index (χ4v) is 2.47. The van der Waals surface area contributed by atoms with E-state index in [-0.39, 0.29) is 11.4 Å². The van der Waals surface area contributed by atoms with Crippen LogP contribution in [0.1, 0.15) is 5.56 Å². The largest absolute Gasteiger partial charge is 0.302 e. The first-order chi connectivity index (χ1) is 7.45. The number of aryl methyl sites for hydroxylation is 1. The Morgan fingerprint density at radius 3 is 2.44 bits per heavy atom. The summed E-state index contributed by atoms with van der Waals surface area (Å²) >= 11 is 3.02. The number of benzene rings is 1. The fourth-order valence-electron chi connectivity index (χ4n) is 1.04. The van der Waals surface area contributed by atoms with Gasteiger partial charge in [0, 0.05) is 6.54 Å². The van der Waals surface area contributed by atoms with Gasteiger partial charge in [0.15, 0.2) is 0 Å². The first kappa shape index (κ1) is 13.3. The maximum Gasteiger partial charge on any atom is 0.240 e. The molecule has 1 aromatic carbocycles. The number of nitrogens with one attached hydrogen (secondary N) is 1. The third-order valence-electron chi connectivity index (χ3n) is 1.95. The minimum atomic E-state index is -3.52. The molecule has 0 radical (unpaired) electrons. The van der Waals surface area contributed by atoms with Crippen LogP contribution in [0.15, 0.2) is 29.2 Å². The predicted octanol–water partition coefficient (Wildman–Crippen LogP) is 1.24. The van der Waals surface area contributed by atoms with Gasteiger partial charge in [0.25, 0.3) is 0 Å². The molecule has 0 aliphatic carbocycles. The SMILES string of the molecule is Cc1ccc(S(=O)(=O)NC[C@@H](Br)C=O)cc1. The third-order valence-corrected chi connectivity index (χ3v) is 3.93. The van der Waals surface area contributed by atoms with Gasteiger partial charge in [-0.05, 0) is 19.1 Å². The molecule has 0 aromatic heterocycles. The first-order valence-electron chi connectivity index (χ1n) is 4.61. The van der Waals surface area contributed by atoms with Crippen molar-refractivity contribution in [1.82, 2.24) is 4.72 Å². The Morgan fingerprint density at radius 1 is 1.38 bits per heavy atom. The van der Waals surface area contributed by atoms with Crippen LogP contribution in [0.25, 0.3) is 0 Å². The summed E-state index contributed by atoms with van der Waals surface area (Å²) in [6.45, 7) is 1.92. The molecule has 0 unspecified atom stereocenters. The average molecular weight is 306 g/mol. The highest BCUT2D eigenvalue weighted by Crippen LogP contribution is 2.10. The molecule has 4 nitrogen and oxygen atoms in total. The number of carbonyl (C=O) groups is 1. The molecular weight excluding hydrogens is 294 g/mol. The molecule has 0 saturated heterocycles. The van der Waals surface area contributed by atoms with Crippen LogP contribution in [-0.2, 0) is 14.8 Å². The van der Waals surface area contributed by atoms with Crippen molar-refractivity contribution >= 4 is 32.2 Å². The minimum absolute atomic E-state index is 0.0414. The monoisotopic (exact) mass is 305 g/mol. The summed E-state index contributed by atoms with van der Waals surface area (Å²) in [5.74, 6) is 0. The Morgan fingerprint density at radius 2 is 1.94 bits per heavy atom. The number of carbonyl (C=O) groups excluding carboxylic acids is 1. The summed E-state index contributed by atoms with van der Waals surface area (Å²) in [5.41, 5.74) is 0.991. The second kappa shape index (κ2) is 5.56. The van der Waals surface area contributed by atoms with Gasteiger partial charge in [-0.2, -0.15) is 0 Å². The lowest BCUT2D eigenvalue weighted by Gasteiger charge is -2.07. The van der Waals surface area contributed by atoms with E-state index in [1.165, 1.54) is 12.1 Å². The lowest BCUT2D eigenvalue weighted by atomic mass is 10.2. The number of sulfonamides is 1. The maximum atomic E-state index is 11.7. The summed E-state index contributed by atoms with van der Waals surface area (Å²) in [6.07, 6.45) is 0.637. The van der Waals surface area contributed by atoms with Crippen molar-refractivity contribution < 1.29 is 13.2 Å². The van der Waals surface area contributed by atoms with Crippen LogP contribution in [0.5, 0.6) is 0 Å². The molecule has 0 bridgehead atoms. The van der Waals surface area contributed by atoms with Crippen molar-refractivity contribution in [3.63, 3.8) is 0 Å². The Kier molecular flexibility index (Phi) is 4.64. The number of halogens is 1. The number of alkyl halides is 1. The van der Waals surface area contributed by atoms with Gasteiger partial charge < -0.3 is 4.79 Å². The molecule has 16 heavy (non-hydrogen) atoms. The Bertz CT molecular complexity index is 455. The highest BCUT2D eigenvalue weighted by atomic mass is 79.9. The standard InChI is InChI=1S/C10H12BrNO3S/c1-8-2-4-10(5-3-8)16(14,15)12-6-9(11)7-13/h2-5,7,9,12H,6H2,1H3/t9-/m1/s1. The molecule has 0 saturated carbocycles. The lowest BCUT2D eigenvalue weighted by Crippen LogP contribution is -2.30. The first-order valence-corrected chi connectivity index (χ1v) is 7.01. The van der Waals surface area contributed by atoms with E-state index >= 15 is 0 Å². The van der Waals surface area contributed by atoms with Crippen molar-refractivity contribution in [1.29, 1.82) is 0 Å². The predicted molar refractivity (Wildman–Crippen MR) is 65.1 cm³/mol. The van der Waals surface area contributed by atoms with Gasteiger partial charge in [-0.25, -0.2) is 13.1 Å². The summed E-state index contributed by atoms with van der Waals surface area (Å²) in [5, 5.41) is 0. The second-order valence-electron chi connectivity index (χ2n) is 3.32. The van der Waals surface area contributed by atoms with Crippen LogP contribution in [0.3, 0.4) is 0 Å². The average Bonchev–Trinajstić information content (AvgIpc) is 2.26. The molecular formula is C10H12BrNO3S. The van der Waals surface area contributed by atoms with Gasteiger partial charge in [0.1, 0.15) is 6.29 Å². The summed E-state index contributed by atoms with van der Waals surface area (Å²) < 4.78 is 25.8. The van der Waals surface area contributed by atoms with Crippen molar-refractivity contribution in [2.45, 2.75) is 16.6 Å². The van der Waals surface area contributed by atoms with E-state index in [0.717, 1.165) is 5.56 Å². The summed E-state index contributed by atoms with van der Waals surface area (Å²) in [6, 6.07) is 6.50. The van der Waals surface area contributed by atoms with Gasteiger partial charge in [-0.1, -0.05) is 33.6 Å². The van der Waals surface area contributed by atoms with Gasteiger partial charge >= 0.3 is 0 Å². The number of aldehydes is 1.